The van der Waals surface area contributed by atoms with E-state index in [1.807, 2.05) is 30.3 Å². The maximum Gasteiger partial charge on any atom is 0.336 e. The number of rotatable bonds is 4. The Bertz CT molecular complexity index is 1160. The summed E-state index contributed by atoms with van der Waals surface area (Å²) in [5, 5.41) is 1.13. The van der Waals surface area contributed by atoms with Crippen LogP contribution in [0.3, 0.4) is 0 Å². The second kappa shape index (κ2) is 6.83. The fourth-order valence-electron chi connectivity index (χ4n) is 4.58. The SMILES string of the molecule is COC(=O)C1=C(C(=O)OC)C2c3c(sc4ccccc34)C1N2Cc1ccccc1. The third-order valence-electron chi connectivity index (χ3n) is 5.70. The van der Waals surface area contributed by atoms with Crippen LogP contribution in [-0.4, -0.2) is 31.1 Å². The highest BCUT2D eigenvalue weighted by atomic mass is 32.1. The van der Waals surface area contributed by atoms with Crippen molar-refractivity contribution < 1.29 is 19.1 Å². The Labute approximate surface area is 172 Å². The smallest absolute Gasteiger partial charge is 0.336 e. The van der Waals surface area contributed by atoms with E-state index in [9.17, 15) is 9.59 Å². The molecule has 0 spiro atoms. The fourth-order valence-corrected chi connectivity index (χ4v) is 5.94. The summed E-state index contributed by atoms with van der Waals surface area (Å²) >= 11 is 1.68. The zero-order valence-corrected chi connectivity index (χ0v) is 16.9. The summed E-state index contributed by atoms with van der Waals surface area (Å²) in [5.41, 5.74) is 3.03. The number of methoxy groups -OCH3 is 2. The number of hydrogen-bond acceptors (Lipinski definition) is 6. The van der Waals surface area contributed by atoms with Crippen LogP contribution in [0.25, 0.3) is 10.1 Å². The summed E-state index contributed by atoms with van der Waals surface area (Å²) in [5.74, 6) is -0.948. The molecule has 6 heteroatoms. The van der Waals surface area contributed by atoms with Gasteiger partial charge in [-0.05, 0) is 22.6 Å². The normalized spacial score (nSPS) is 20.2. The van der Waals surface area contributed by atoms with Crippen LogP contribution >= 0.6 is 11.3 Å². The number of hydrogen-bond donors (Lipinski definition) is 0. The van der Waals surface area contributed by atoms with E-state index in [1.54, 1.807) is 11.3 Å². The van der Waals surface area contributed by atoms with Crippen molar-refractivity contribution in [3.8, 4) is 0 Å². The molecule has 0 aliphatic carbocycles. The van der Waals surface area contributed by atoms with E-state index in [0.717, 1.165) is 26.1 Å². The van der Waals surface area contributed by atoms with E-state index >= 15 is 0 Å². The molecular formula is C23H19NO4S. The highest BCUT2D eigenvalue weighted by Gasteiger charge is 2.55. The fraction of sp³-hybridized carbons (Fsp3) is 0.217. The average Bonchev–Trinajstić information content (AvgIpc) is 3.38. The van der Waals surface area contributed by atoms with E-state index < -0.39 is 11.9 Å². The largest absolute Gasteiger partial charge is 0.466 e. The number of esters is 2. The van der Waals surface area contributed by atoms with Crippen molar-refractivity contribution in [1.82, 2.24) is 4.90 Å². The molecule has 3 heterocycles. The van der Waals surface area contributed by atoms with Gasteiger partial charge in [0.15, 0.2) is 0 Å². The minimum Gasteiger partial charge on any atom is -0.466 e. The maximum atomic E-state index is 12.8. The van der Waals surface area contributed by atoms with Crippen LogP contribution in [0.1, 0.15) is 28.1 Å². The summed E-state index contributed by atoms with van der Waals surface area (Å²) in [6.07, 6.45) is 0. The quantitative estimate of drug-likeness (QED) is 0.610. The number of carbonyl (C=O) groups excluding carboxylic acids is 2. The lowest BCUT2D eigenvalue weighted by Crippen LogP contribution is -2.23. The van der Waals surface area contributed by atoms with E-state index in [4.69, 9.17) is 9.47 Å². The summed E-state index contributed by atoms with van der Waals surface area (Å²) < 4.78 is 11.3. The summed E-state index contributed by atoms with van der Waals surface area (Å²) in [6, 6.07) is 17.6. The lowest BCUT2D eigenvalue weighted by molar-refractivity contribution is -0.139. The van der Waals surface area contributed by atoms with Crippen LogP contribution in [0.5, 0.6) is 0 Å². The third kappa shape index (κ3) is 2.56. The maximum absolute atomic E-state index is 12.8. The number of thiophene rings is 1. The van der Waals surface area contributed by atoms with Gasteiger partial charge in [0.2, 0.25) is 0 Å². The first kappa shape index (κ1) is 18.1. The molecule has 2 atom stereocenters. The molecule has 29 heavy (non-hydrogen) atoms. The van der Waals surface area contributed by atoms with Crippen molar-refractivity contribution in [3.63, 3.8) is 0 Å². The molecule has 0 saturated carbocycles. The first-order chi connectivity index (χ1) is 14.2. The summed E-state index contributed by atoms with van der Waals surface area (Å²) in [6.45, 7) is 0.618. The Hall–Kier alpha value is -2.96. The van der Waals surface area contributed by atoms with Gasteiger partial charge in [0.1, 0.15) is 0 Å². The van der Waals surface area contributed by atoms with Crippen molar-refractivity contribution in [2.45, 2.75) is 18.6 Å². The molecule has 2 aliphatic rings. The van der Waals surface area contributed by atoms with Crippen molar-refractivity contribution in [3.05, 3.63) is 81.7 Å². The Kier molecular flexibility index (Phi) is 4.26. The number of ether oxygens (including phenoxy) is 2. The Morgan fingerprint density at radius 3 is 2.21 bits per heavy atom. The van der Waals surface area contributed by atoms with Crippen LogP contribution in [0.15, 0.2) is 65.7 Å². The van der Waals surface area contributed by atoms with Gasteiger partial charge in [-0.3, -0.25) is 4.90 Å². The van der Waals surface area contributed by atoms with Crippen LogP contribution in [0, 0.1) is 0 Å². The van der Waals surface area contributed by atoms with Gasteiger partial charge < -0.3 is 9.47 Å². The van der Waals surface area contributed by atoms with E-state index in [-0.39, 0.29) is 12.1 Å². The van der Waals surface area contributed by atoms with Gasteiger partial charge in [-0.1, -0.05) is 48.5 Å². The number of benzene rings is 2. The molecule has 0 N–H and O–H groups in total. The Morgan fingerprint density at radius 1 is 0.897 bits per heavy atom. The van der Waals surface area contributed by atoms with E-state index in [1.165, 1.54) is 14.2 Å². The third-order valence-corrected chi connectivity index (χ3v) is 6.94. The molecule has 3 aromatic rings. The lowest BCUT2D eigenvalue weighted by atomic mass is 9.89. The Balaban J connectivity index is 1.72. The number of carbonyl (C=O) groups is 2. The van der Waals surface area contributed by atoms with Crippen LogP contribution in [0.2, 0.25) is 0 Å². The molecule has 5 nitrogen and oxygen atoms in total. The van der Waals surface area contributed by atoms with Gasteiger partial charge in [0, 0.05) is 16.1 Å². The van der Waals surface area contributed by atoms with Crippen LogP contribution in [-0.2, 0) is 25.6 Å². The van der Waals surface area contributed by atoms with Crippen LogP contribution < -0.4 is 0 Å². The molecule has 2 bridgehead atoms. The topological polar surface area (TPSA) is 55.8 Å². The molecule has 2 unspecified atom stereocenters. The molecule has 0 fully saturated rings. The second-order valence-electron chi connectivity index (χ2n) is 7.15. The van der Waals surface area contributed by atoms with Gasteiger partial charge in [0.05, 0.1) is 37.4 Å². The lowest BCUT2D eigenvalue weighted by Gasteiger charge is -2.24. The van der Waals surface area contributed by atoms with Crippen molar-refractivity contribution >= 4 is 33.4 Å². The first-order valence-electron chi connectivity index (χ1n) is 9.37. The minimum absolute atomic E-state index is 0.311. The number of fused-ring (bicyclic) bond motifs is 7. The molecule has 2 aliphatic heterocycles. The van der Waals surface area contributed by atoms with E-state index in [0.29, 0.717) is 17.7 Å². The van der Waals surface area contributed by atoms with Crippen molar-refractivity contribution in [2.24, 2.45) is 0 Å². The van der Waals surface area contributed by atoms with Crippen molar-refractivity contribution in [1.29, 1.82) is 0 Å². The molecule has 0 radical (unpaired) electrons. The molecule has 0 saturated heterocycles. The average molecular weight is 405 g/mol. The van der Waals surface area contributed by atoms with E-state index in [2.05, 4.69) is 29.2 Å². The summed E-state index contributed by atoms with van der Waals surface area (Å²) in [7, 11) is 2.70. The minimum atomic E-state index is -0.475. The highest BCUT2D eigenvalue weighted by molar-refractivity contribution is 7.19. The standard InChI is InChI=1S/C23H19NO4S/c1-27-22(25)17-18(23(26)28-2)20-21-16(14-10-6-7-11-15(14)29-21)19(17)24(20)12-13-8-4-3-5-9-13/h3-11,19-20H,12H2,1-2H3. The van der Waals surface area contributed by atoms with Gasteiger partial charge in [0.25, 0.3) is 0 Å². The van der Waals surface area contributed by atoms with Gasteiger partial charge in [-0.2, -0.15) is 0 Å². The number of nitrogens with zero attached hydrogens (tertiary/aromatic N) is 1. The Morgan fingerprint density at radius 2 is 1.52 bits per heavy atom. The molecule has 1 aromatic heterocycles. The summed E-state index contributed by atoms with van der Waals surface area (Å²) in [4.78, 5) is 28.9. The monoisotopic (exact) mass is 405 g/mol. The molecule has 146 valence electrons. The van der Waals surface area contributed by atoms with Gasteiger partial charge in [-0.15, -0.1) is 11.3 Å². The molecule has 2 aromatic carbocycles. The molecule has 5 rings (SSSR count). The predicted molar refractivity (Wildman–Crippen MR) is 110 cm³/mol. The second-order valence-corrected chi connectivity index (χ2v) is 8.23. The van der Waals surface area contributed by atoms with Gasteiger partial charge >= 0.3 is 11.9 Å². The first-order valence-corrected chi connectivity index (χ1v) is 10.2. The molecule has 0 amide bonds. The van der Waals surface area contributed by atoms with Crippen LogP contribution in [0.4, 0.5) is 0 Å². The highest BCUT2D eigenvalue weighted by Crippen LogP contribution is 2.61. The molecular weight excluding hydrogens is 386 g/mol. The van der Waals surface area contributed by atoms with Gasteiger partial charge in [-0.25, -0.2) is 9.59 Å². The zero-order valence-electron chi connectivity index (χ0n) is 16.0. The predicted octanol–water partition coefficient (Wildman–Crippen LogP) is 4.16. The van der Waals surface area contributed by atoms with Crippen molar-refractivity contribution in [2.75, 3.05) is 14.2 Å². The zero-order chi connectivity index (χ0) is 20.1.